The minimum atomic E-state index is -0.158. The van der Waals surface area contributed by atoms with E-state index in [0.717, 1.165) is 4.47 Å². The Morgan fingerprint density at radius 2 is 2.31 bits per heavy atom. The average Bonchev–Trinajstić information content (AvgIpc) is 2.26. The van der Waals surface area contributed by atoms with E-state index in [1.807, 2.05) is 12.1 Å². The zero-order valence-electron chi connectivity index (χ0n) is 9.02. The van der Waals surface area contributed by atoms with Crippen molar-refractivity contribution in [3.8, 4) is 5.75 Å². The molecule has 0 spiro atoms. The molecule has 1 rings (SSSR count). The first-order chi connectivity index (χ1) is 7.63. The van der Waals surface area contributed by atoms with Crippen LogP contribution in [-0.2, 0) is 4.79 Å². The summed E-state index contributed by atoms with van der Waals surface area (Å²) in [5.74, 6) is 0.481. The number of carbonyl (C=O) groups excluding carboxylic acids is 1. The van der Waals surface area contributed by atoms with Gasteiger partial charge in [-0.05, 0) is 18.2 Å². The molecule has 1 aromatic rings. The lowest BCUT2D eigenvalue weighted by Gasteiger charge is -2.15. The molecule has 1 N–H and O–H groups in total. The normalized spacial score (nSPS) is 9.94. The Kier molecular flexibility index (Phi) is 5.28. The quantitative estimate of drug-likeness (QED) is 0.888. The molecule has 16 heavy (non-hydrogen) atoms. The van der Waals surface area contributed by atoms with E-state index < -0.39 is 0 Å². The number of aliphatic hydroxyl groups excluding tert-OH is 1. The number of nitrogens with zero attached hydrogens (tertiary/aromatic N) is 1. The highest BCUT2D eigenvalue weighted by molar-refractivity contribution is 9.10. The Bertz CT molecular complexity index is 357. The topological polar surface area (TPSA) is 49.8 Å². The smallest absolute Gasteiger partial charge is 0.260 e. The lowest BCUT2D eigenvalue weighted by molar-refractivity contribution is -0.132. The second-order valence-corrected chi connectivity index (χ2v) is 4.20. The molecule has 1 aromatic carbocycles. The third-order valence-corrected chi connectivity index (χ3v) is 2.51. The second kappa shape index (κ2) is 6.50. The van der Waals surface area contributed by atoms with E-state index in [1.54, 1.807) is 19.2 Å². The molecule has 1 amide bonds. The molecule has 0 heterocycles. The average molecular weight is 288 g/mol. The van der Waals surface area contributed by atoms with Crippen molar-refractivity contribution >= 4 is 21.8 Å². The first kappa shape index (κ1) is 13.0. The minimum Gasteiger partial charge on any atom is -0.484 e. The number of aliphatic hydroxyl groups is 1. The van der Waals surface area contributed by atoms with Crippen LogP contribution >= 0.6 is 15.9 Å². The van der Waals surface area contributed by atoms with Gasteiger partial charge in [0.2, 0.25) is 0 Å². The summed E-state index contributed by atoms with van der Waals surface area (Å²) in [5.41, 5.74) is 0. The van der Waals surface area contributed by atoms with E-state index >= 15 is 0 Å². The Morgan fingerprint density at radius 3 is 2.94 bits per heavy atom. The molecule has 0 unspecified atom stereocenters. The van der Waals surface area contributed by atoms with Crippen LogP contribution < -0.4 is 4.74 Å². The van der Waals surface area contributed by atoms with Crippen molar-refractivity contribution in [1.82, 2.24) is 4.90 Å². The first-order valence-corrected chi connectivity index (χ1v) is 5.66. The van der Waals surface area contributed by atoms with Gasteiger partial charge in [-0.15, -0.1) is 0 Å². The summed E-state index contributed by atoms with van der Waals surface area (Å²) in [6.45, 7) is 0.257. The fourth-order valence-corrected chi connectivity index (χ4v) is 1.46. The number of amides is 1. The van der Waals surface area contributed by atoms with Crippen LogP contribution in [0.25, 0.3) is 0 Å². The molecule has 0 aliphatic rings. The lowest BCUT2D eigenvalue weighted by Crippen LogP contribution is -2.33. The monoisotopic (exact) mass is 287 g/mol. The fraction of sp³-hybridized carbons (Fsp3) is 0.364. The zero-order valence-corrected chi connectivity index (χ0v) is 10.6. The molecule has 0 aliphatic carbocycles. The van der Waals surface area contributed by atoms with Gasteiger partial charge in [0, 0.05) is 18.1 Å². The third kappa shape index (κ3) is 4.20. The molecule has 0 radical (unpaired) electrons. The van der Waals surface area contributed by atoms with Crippen LogP contribution in [0.1, 0.15) is 0 Å². The molecule has 0 fully saturated rings. The summed E-state index contributed by atoms with van der Waals surface area (Å²) < 4.78 is 6.22. The van der Waals surface area contributed by atoms with Gasteiger partial charge in [-0.25, -0.2) is 0 Å². The number of ether oxygens (including phenoxy) is 1. The maximum Gasteiger partial charge on any atom is 0.260 e. The van der Waals surface area contributed by atoms with Gasteiger partial charge < -0.3 is 14.7 Å². The molecular weight excluding hydrogens is 274 g/mol. The SMILES string of the molecule is CN(CCO)C(=O)COc1cccc(Br)c1. The summed E-state index contributed by atoms with van der Waals surface area (Å²) >= 11 is 3.31. The molecule has 0 bridgehead atoms. The minimum absolute atomic E-state index is 0.0209. The zero-order chi connectivity index (χ0) is 12.0. The summed E-state index contributed by atoms with van der Waals surface area (Å²) in [5, 5.41) is 8.67. The first-order valence-electron chi connectivity index (χ1n) is 4.86. The summed E-state index contributed by atoms with van der Waals surface area (Å²) in [6, 6.07) is 7.29. The predicted molar refractivity (Wildman–Crippen MR) is 64.4 cm³/mol. The van der Waals surface area contributed by atoms with Crippen molar-refractivity contribution in [1.29, 1.82) is 0 Å². The maximum atomic E-state index is 11.5. The number of carbonyl (C=O) groups is 1. The summed E-state index contributed by atoms with van der Waals surface area (Å²) in [6.07, 6.45) is 0. The fourth-order valence-electron chi connectivity index (χ4n) is 1.09. The van der Waals surface area contributed by atoms with Gasteiger partial charge in [0.1, 0.15) is 5.75 Å². The van der Waals surface area contributed by atoms with Crippen molar-refractivity contribution in [2.24, 2.45) is 0 Å². The number of hydrogen-bond donors (Lipinski definition) is 1. The number of benzene rings is 1. The molecular formula is C11H14BrNO3. The van der Waals surface area contributed by atoms with Gasteiger partial charge in [0.15, 0.2) is 6.61 Å². The Hall–Kier alpha value is -1.07. The van der Waals surface area contributed by atoms with Crippen LogP contribution in [0.2, 0.25) is 0 Å². The lowest BCUT2D eigenvalue weighted by atomic mass is 10.3. The van der Waals surface area contributed by atoms with Crippen molar-refractivity contribution in [2.45, 2.75) is 0 Å². The number of likely N-dealkylation sites (N-methyl/N-ethyl adjacent to an activating group) is 1. The van der Waals surface area contributed by atoms with E-state index in [-0.39, 0.29) is 19.1 Å². The molecule has 0 aliphatic heterocycles. The van der Waals surface area contributed by atoms with Crippen LogP contribution in [0.4, 0.5) is 0 Å². The van der Waals surface area contributed by atoms with Gasteiger partial charge in [0.25, 0.3) is 5.91 Å². The van der Waals surface area contributed by atoms with Crippen molar-refractivity contribution in [3.63, 3.8) is 0 Å². The summed E-state index contributed by atoms with van der Waals surface area (Å²) in [7, 11) is 1.63. The van der Waals surface area contributed by atoms with E-state index in [2.05, 4.69) is 15.9 Å². The third-order valence-electron chi connectivity index (χ3n) is 2.02. The standard InChI is InChI=1S/C11H14BrNO3/c1-13(5-6-14)11(15)8-16-10-4-2-3-9(12)7-10/h2-4,7,14H,5-6,8H2,1H3. The van der Waals surface area contributed by atoms with Crippen LogP contribution in [0.5, 0.6) is 5.75 Å². The van der Waals surface area contributed by atoms with E-state index in [4.69, 9.17) is 9.84 Å². The molecule has 0 saturated heterocycles. The van der Waals surface area contributed by atoms with Crippen LogP contribution in [-0.4, -0.2) is 42.7 Å². The highest BCUT2D eigenvalue weighted by Gasteiger charge is 2.08. The molecule has 5 heteroatoms. The van der Waals surface area contributed by atoms with Crippen molar-refractivity contribution in [3.05, 3.63) is 28.7 Å². The number of hydrogen-bond acceptors (Lipinski definition) is 3. The predicted octanol–water partition coefficient (Wildman–Crippen LogP) is 1.28. The Balaban J connectivity index is 2.42. The molecule has 0 atom stereocenters. The Morgan fingerprint density at radius 1 is 1.56 bits per heavy atom. The van der Waals surface area contributed by atoms with Gasteiger partial charge in [0.05, 0.1) is 6.61 Å². The largest absolute Gasteiger partial charge is 0.484 e. The van der Waals surface area contributed by atoms with E-state index in [9.17, 15) is 4.79 Å². The van der Waals surface area contributed by atoms with Gasteiger partial charge >= 0.3 is 0 Å². The van der Waals surface area contributed by atoms with E-state index in [1.165, 1.54) is 4.90 Å². The number of rotatable bonds is 5. The summed E-state index contributed by atoms with van der Waals surface area (Å²) in [4.78, 5) is 12.9. The number of halogens is 1. The second-order valence-electron chi connectivity index (χ2n) is 3.28. The highest BCUT2D eigenvalue weighted by atomic mass is 79.9. The van der Waals surface area contributed by atoms with Gasteiger partial charge in [-0.3, -0.25) is 4.79 Å². The molecule has 88 valence electrons. The molecule has 4 nitrogen and oxygen atoms in total. The highest BCUT2D eigenvalue weighted by Crippen LogP contribution is 2.17. The van der Waals surface area contributed by atoms with Crippen molar-refractivity contribution in [2.75, 3.05) is 26.8 Å². The van der Waals surface area contributed by atoms with Gasteiger partial charge in [-0.2, -0.15) is 0 Å². The van der Waals surface area contributed by atoms with E-state index in [0.29, 0.717) is 12.3 Å². The van der Waals surface area contributed by atoms with Crippen LogP contribution in [0, 0.1) is 0 Å². The van der Waals surface area contributed by atoms with Gasteiger partial charge in [-0.1, -0.05) is 22.0 Å². The molecule has 0 aromatic heterocycles. The maximum absolute atomic E-state index is 11.5. The molecule has 0 saturated carbocycles. The Labute approximate surface area is 103 Å². The van der Waals surface area contributed by atoms with Crippen LogP contribution in [0.15, 0.2) is 28.7 Å². The van der Waals surface area contributed by atoms with Crippen molar-refractivity contribution < 1.29 is 14.6 Å². The van der Waals surface area contributed by atoms with Crippen LogP contribution in [0.3, 0.4) is 0 Å².